The number of ether oxygens (including phenoxy) is 1. The van der Waals surface area contributed by atoms with Crippen LogP contribution in [-0.4, -0.2) is 35.6 Å². The fourth-order valence-electron chi connectivity index (χ4n) is 3.84. The highest BCUT2D eigenvalue weighted by molar-refractivity contribution is 6.30. The van der Waals surface area contributed by atoms with E-state index in [1.54, 1.807) is 0 Å². The van der Waals surface area contributed by atoms with Crippen LogP contribution in [0.2, 0.25) is 5.02 Å². The molecule has 1 saturated heterocycles. The molecule has 4 heteroatoms. The number of likely N-dealkylation sites (tertiary alicyclic amines) is 1. The first-order valence-corrected chi connectivity index (χ1v) is 11.7. The summed E-state index contributed by atoms with van der Waals surface area (Å²) >= 11 is 5.96. The predicted octanol–water partition coefficient (Wildman–Crippen LogP) is 6.30. The van der Waals surface area contributed by atoms with Gasteiger partial charge in [-0.3, -0.25) is 4.90 Å². The molecule has 0 amide bonds. The number of pyridine rings is 1. The second-order valence-electron chi connectivity index (χ2n) is 8.59. The maximum Gasteiger partial charge on any atom is 0.119 e. The molecule has 0 saturated carbocycles. The number of nitrogens with zero attached hydrogens (tertiary/aromatic N) is 2. The molecule has 1 aliphatic heterocycles. The second-order valence-corrected chi connectivity index (χ2v) is 9.03. The highest BCUT2D eigenvalue weighted by Crippen LogP contribution is 2.21. The van der Waals surface area contributed by atoms with Crippen molar-refractivity contribution in [3.8, 4) is 28.7 Å². The van der Waals surface area contributed by atoms with Gasteiger partial charge in [-0.15, -0.1) is 0 Å². The van der Waals surface area contributed by atoms with E-state index in [9.17, 15) is 0 Å². The van der Waals surface area contributed by atoms with Crippen LogP contribution < -0.4 is 4.74 Å². The monoisotopic (exact) mass is 444 g/mol. The highest BCUT2D eigenvalue weighted by Gasteiger charge is 2.20. The van der Waals surface area contributed by atoms with Gasteiger partial charge in [0, 0.05) is 28.4 Å². The Morgan fingerprint density at radius 2 is 1.66 bits per heavy atom. The van der Waals surface area contributed by atoms with Crippen molar-refractivity contribution in [1.29, 1.82) is 0 Å². The van der Waals surface area contributed by atoms with Crippen LogP contribution in [0.25, 0.3) is 11.1 Å². The number of halogens is 1. The summed E-state index contributed by atoms with van der Waals surface area (Å²) in [4.78, 5) is 7.00. The molecule has 164 valence electrons. The van der Waals surface area contributed by atoms with Gasteiger partial charge in [0.25, 0.3) is 0 Å². The van der Waals surface area contributed by atoms with Gasteiger partial charge in [0.1, 0.15) is 18.1 Å². The minimum absolute atomic E-state index is 0.434. The van der Waals surface area contributed by atoms with Crippen molar-refractivity contribution in [2.75, 3.05) is 19.7 Å². The van der Waals surface area contributed by atoms with Gasteiger partial charge in [-0.1, -0.05) is 42.6 Å². The molecule has 4 rings (SSSR count). The summed E-state index contributed by atoms with van der Waals surface area (Å²) < 4.78 is 6.02. The van der Waals surface area contributed by atoms with Crippen molar-refractivity contribution < 1.29 is 4.74 Å². The number of aromatic nitrogens is 1. The third kappa shape index (κ3) is 6.13. The Labute approximate surface area is 196 Å². The van der Waals surface area contributed by atoms with Crippen molar-refractivity contribution in [1.82, 2.24) is 9.88 Å². The number of benzene rings is 2. The lowest BCUT2D eigenvalue weighted by atomic mass is 9.98. The molecule has 0 unspecified atom stereocenters. The summed E-state index contributed by atoms with van der Waals surface area (Å²) in [5, 5.41) is 0.729. The molecular weight excluding hydrogens is 416 g/mol. The Bertz CT molecular complexity index is 1060. The van der Waals surface area contributed by atoms with Gasteiger partial charge in [0.15, 0.2) is 0 Å². The van der Waals surface area contributed by atoms with Gasteiger partial charge in [-0.05, 0) is 92.7 Å². The van der Waals surface area contributed by atoms with Gasteiger partial charge in [0.05, 0.1) is 0 Å². The first-order valence-electron chi connectivity index (χ1n) is 11.3. The van der Waals surface area contributed by atoms with Crippen molar-refractivity contribution >= 4 is 11.6 Å². The molecule has 0 N–H and O–H groups in total. The Kier molecular flexibility index (Phi) is 7.47. The standard InChI is InChI=1S/C28H29ClN2O/c1-21-15-17-31(18-16-21)22(2)20-32-28-13-4-23(5-14-28)3-11-27-12-8-25(19-30-27)24-6-9-26(29)10-7-24/h4-10,12-14,19,21-22H,15-18,20H2,1-2H3/t22-/m1/s1. The molecule has 1 fully saturated rings. The molecular formula is C28H29ClN2O. The molecule has 32 heavy (non-hydrogen) atoms. The van der Waals surface area contributed by atoms with E-state index >= 15 is 0 Å². The Hall–Kier alpha value is -2.80. The van der Waals surface area contributed by atoms with Crippen molar-refractivity contribution in [2.24, 2.45) is 5.92 Å². The largest absolute Gasteiger partial charge is 0.492 e. The van der Waals surface area contributed by atoms with Crippen LogP contribution in [0.15, 0.2) is 66.9 Å². The third-order valence-electron chi connectivity index (χ3n) is 6.06. The van der Waals surface area contributed by atoms with Gasteiger partial charge < -0.3 is 4.74 Å². The Balaban J connectivity index is 1.30. The molecule has 1 aromatic heterocycles. The van der Waals surface area contributed by atoms with Crippen LogP contribution in [0.3, 0.4) is 0 Å². The lowest BCUT2D eigenvalue weighted by molar-refractivity contribution is 0.108. The zero-order valence-corrected chi connectivity index (χ0v) is 19.5. The molecule has 2 aromatic carbocycles. The van der Waals surface area contributed by atoms with E-state index in [4.69, 9.17) is 16.3 Å². The van der Waals surface area contributed by atoms with E-state index in [1.807, 2.05) is 66.9 Å². The fraction of sp³-hybridized carbons (Fsp3) is 0.321. The van der Waals surface area contributed by atoms with Crippen molar-refractivity contribution in [2.45, 2.75) is 32.7 Å². The van der Waals surface area contributed by atoms with Crippen LogP contribution in [0, 0.1) is 17.8 Å². The van der Waals surface area contributed by atoms with E-state index in [0.29, 0.717) is 12.6 Å². The summed E-state index contributed by atoms with van der Waals surface area (Å²) in [5.41, 5.74) is 3.81. The maximum atomic E-state index is 6.02. The maximum absolute atomic E-state index is 6.02. The van der Waals surface area contributed by atoms with Gasteiger partial charge >= 0.3 is 0 Å². The fourth-order valence-corrected chi connectivity index (χ4v) is 3.97. The number of hydrogen-bond donors (Lipinski definition) is 0. The zero-order valence-electron chi connectivity index (χ0n) is 18.7. The van der Waals surface area contributed by atoms with E-state index in [-0.39, 0.29) is 0 Å². The van der Waals surface area contributed by atoms with Gasteiger partial charge in [-0.2, -0.15) is 0 Å². The molecule has 0 aliphatic carbocycles. The van der Waals surface area contributed by atoms with Crippen LogP contribution in [0.1, 0.15) is 37.9 Å². The molecule has 2 heterocycles. The first-order chi connectivity index (χ1) is 15.6. The van der Waals surface area contributed by atoms with Gasteiger partial charge in [0.2, 0.25) is 0 Å². The molecule has 1 atom stereocenters. The molecule has 3 aromatic rings. The quantitative estimate of drug-likeness (QED) is 0.432. The minimum Gasteiger partial charge on any atom is -0.492 e. The Morgan fingerprint density at radius 3 is 2.31 bits per heavy atom. The number of rotatable bonds is 5. The van der Waals surface area contributed by atoms with E-state index < -0.39 is 0 Å². The summed E-state index contributed by atoms with van der Waals surface area (Å²) in [5.74, 6) is 8.06. The smallest absolute Gasteiger partial charge is 0.119 e. The normalized spacial score (nSPS) is 15.6. The predicted molar refractivity (Wildman–Crippen MR) is 132 cm³/mol. The Morgan fingerprint density at radius 1 is 0.969 bits per heavy atom. The van der Waals surface area contributed by atoms with Crippen molar-refractivity contribution in [3.05, 3.63) is 83.1 Å². The summed E-state index contributed by atoms with van der Waals surface area (Å²) in [6, 6.07) is 20.1. The topological polar surface area (TPSA) is 25.4 Å². The zero-order chi connectivity index (χ0) is 22.3. The average Bonchev–Trinajstić information content (AvgIpc) is 2.83. The van der Waals surface area contributed by atoms with Crippen LogP contribution >= 0.6 is 11.6 Å². The van der Waals surface area contributed by atoms with Crippen molar-refractivity contribution in [3.63, 3.8) is 0 Å². The van der Waals surface area contributed by atoms with E-state index in [2.05, 4.69) is 35.6 Å². The second kappa shape index (κ2) is 10.7. The molecule has 0 spiro atoms. The summed E-state index contributed by atoms with van der Waals surface area (Å²) in [6.07, 6.45) is 4.42. The molecule has 1 aliphatic rings. The van der Waals surface area contributed by atoms with Crippen LogP contribution in [0.4, 0.5) is 0 Å². The lowest BCUT2D eigenvalue weighted by Crippen LogP contribution is -2.42. The van der Waals surface area contributed by atoms with Gasteiger partial charge in [-0.25, -0.2) is 4.98 Å². The summed E-state index contributed by atoms with van der Waals surface area (Å²) in [6.45, 7) is 7.66. The number of piperidine rings is 1. The highest BCUT2D eigenvalue weighted by atomic mass is 35.5. The minimum atomic E-state index is 0.434. The lowest BCUT2D eigenvalue weighted by Gasteiger charge is -2.34. The van der Waals surface area contributed by atoms with E-state index in [1.165, 1.54) is 25.9 Å². The van der Waals surface area contributed by atoms with E-state index in [0.717, 1.165) is 39.1 Å². The third-order valence-corrected chi connectivity index (χ3v) is 6.32. The average molecular weight is 445 g/mol. The number of hydrogen-bond acceptors (Lipinski definition) is 3. The molecule has 0 bridgehead atoms. The molecule has 0 radical (unpaired) electrons. The summed E-state index contributed by atoms with van der Waals surface area (Å²) in [7, 11) is 0. The molecule has 3 nitrogen and oxygen atoms in total. The SMILES string of the molecule is CC1CCN([C@H](C)COc2ccc(C#Cc3ccc(-c4ccc(Cl)cc4)cn3)cc2)CC1. The van der Waals surface area contributed by atoms with Crippen LogP contribution in [0.5, 0.6) is 5.75 Å². The first kappa shape index (κ1) is 22.4. The van der Waals surface area contributed by atoms with Crippen LogP contribution in [-0.2, 0) is 0 Å².